The minimum absolute atomic E-state index is 0.203. The first-order valence-electron chi connectivity index (χ1n) is 11.9. The molecule has 0 aliphatic rings. The minimum Gasteiger partial charge on any atom is -0.484 e. The predicted octanol–water partition coefficient (Wildman–Crippen LogP) is 4.93. The van der Waals surface area contributed by atoms with Gasteiger partial charge in [-0.25, -0.2) is 4.39 Å². The number of carbonyl (C=O) groups excluding carboxylic acids is 2. The van der Waals surface area contributed by atoms with Crippen molar-refractivity contribution in [1.29, 1.82) is 0 Å². The summed E-state index contributed by atoms with van der Waals surface area (Å²) in [6, 6.07) is 22.3. The van der Waals surface area contributed by atoms with Crippen LogP contribution in [0.3, 0.4) is 0 Å². The molecule has 3 aromatic rings. The molecule has 3 aromatic carbocycles. The molecule has 0 fully saturated rings. The SMILES string of the molecule is Cc1cccc(CN(C(=O)COc2ccc(F)cc2)[C@H](Cc2ccccc2)C(=O)NCC(C)C)c1. The standard InChI is InChI=1S/C29H33FN2O3/c1-21(2)18-31-29(34)27(17-23-9-5-4-6-10-23)32(19-24-11-7-8-22(3)16-24)28(33)20-35-26-14-12-25(30)13-15-26/h4-16,21,27H,17-20H2,1-3H3,(H,31,34)/t27-/m1/s1. The van der Waals surface area contributed by atoms with Gasteiger partial charge in [-0.15, -0.1) is 0 Å². The number of rotatable bonds is 11. The average molecular weight is 477 g/mol. The Morgan fingerprint density at radius 2 is 1.63 bits per heavy atom. The molecule has 0 heterocycles. The van der Waals surface area contributed by atoms with Crippen LogP contribution in [0.5, 0.6) is 5.75 Å². The smallest absolute Gasteiger partial charge is 0.261 e. The Labute approximate surface area is 206 Å². The van der Waals surface area contributed by atoms with E-state index in [-0.39, 0.29) is 36.7 Å². The molecule has 0 aliphatic heterocycles. The number of nitrogens with zero attached hydrogens (tertiary/aromatic N) is 1. The Kier molecular flexibility index (Phi) is 9.41. The highest BCUT2D eigenvalue weighted by atomic mass is 19.1. The Bertz CT molecular complexity index is 1100. The summed E-state index contributed by atoms with van der Waals surface area (Å²) < 4.78 is 18.9. The first kappa shape index (κ1) is 25.9. The van der Waals surface area contributed by atoms with Crippen LogP contribution in [0, 0.1) is 18.7 Å². The molecular formula is C29H33FN2O3. The van der Waals surface area contributed by atoms with Crippen molar-refractivity contribution in [3.8, 4) is 5.75 Å². The molecule has 2 amide bonds. The molecule has 0 aromatic heterocycles. The van der Waals surface area contributed by atoms with E-state index in [1.54, 1.807) is 4.90 Å². The zero-order valence-corrected chi connectivity index (χ0v) is 20.5. The van der Waals surface area contributed by atoms with Crippen molar-refractivity contribution in [2.24, 2.45) is 5.92 Å². The molecule has 1 N–H and O–H groups in total. The van der Waals surface area contributed by atoms with Gasteiger partial charge >= 0.3 is 0 Å². The van der Waals surface area contributed by atoms with Crippen molar-refractivity contribution in [2.75, 3.05) is 13.2 Å². The highest BCUT2D eigenvalue weighted by Gasteiger charge is 2.30. The van der Waals surface area contributed by atoms with Gasteiger partial charge in [-0.3, -0.25) is 9.59 Å². The fourth-order valence-corrected chi connectivity index (χ4v) is 3.74. The highest BCUT2D eigenvalue weighted by Crippen LogP contribution is 2.17. The van der Waals surface area contributed by atoms with Gasteiger partial charge in [-0.1, -0.05) is 74.0 Å². The van der Waals surface area contributed by atoms with Crippen LogP contribution < -0.4 is 10.1 Å². The van der Waals surface area contributed by atoms with Crippen molar-refractivity contribution < 1.29 is 18.7 Å². The zero-order valence-electron chi connectivity index (χ0n) is 20.5. The molecule has 0 spiro atoms. The van der Waals surface area contributed by atoms with Gasteiger partial charge in [0.2, 0.25) is 5.91 Å². The second kappa shape index (κ2) is 12.7. The van der Waals surface area contributed by atoms with Gasteiger partial charge in [0.1, 0.15) is 17.6 Å². The Hall–Kier alpha value is -3.67. The number of benzene rings is 3. The van der Waals surface area contributed by atoms with Crippen LogP contribution in [-0.2, 0) is 22.6 Å². The van der Waals surface area contributed by atoms with Crippen LogP contribution in [-0.4, -0.2) is 35.9 Å². The van der Waals surface area contributed by atoms with Gasteiger partial charge in [0.15, 0.2) is 6.61 Å². The number of hydrogen-bond acceptors (Lipinski definition) is 3. The summed E-state index contributed by atoms with van der Waals surface area (Å²) in [5.41, 5.74) is 2.95. The summed E-state index contributed by atoms with van der Waals surface area (Å²) >= 11 is 0. The van der Waals surface area contributed by atoms with Gasteiger partial charge in [-0.2, -0.15) is 0 Å². The number of amides is 2. The highest BCUT2D eigenvalue weighted by molar-refractivity contribution is 5.88. The van der Waals surface area contributed by atoms with E-state index in [4.69, 9.17) is 4.74 Å². The third-order valence-electron chi connectivity index (χ3n) is 5.57. The molecule has 3 rings (SSSR count). The number of nitrogens with one attached hydrogen (secondary N) is 1. The van der Waals surface area contributed by atoms with E-state index in [1.165, 1.54) is 24.3 Å². The number of ether oxygens (including phenoxy) is 1. The summed E-state index contributed by atoms with van der Waals surface area (Å²) in [5, 5.41) is 3.00. The van der Waals surface area contributed by atoms with Gasteiger partial charge in [0.05, 0.1) is 0 Å². The topological polar surface area (TPSA) is 58.6 Å². The molecule has 0 aliphatic carbocycles. The quantitative estimate of drug-likeness (QED) is 0.427. The second-order valence-electron chi connectivity index (χ2n) is 9.10. The molecule has 0 radical (unpaired) electrons. The fraction of sp³-hybridized carbons (Fsp3) is 0.310. The van der Waals surface area contributed by atoms with Gasteiger partial charge < -0.3 is 15.0 Å². The lowest BCUT2D eigenvalue weighted by atomic mass is 10.0. The van der Waals surface area contributed by atoms with Crippen LogP contribution in [0.2, 0.25) is 0 Å². The third-order valence-corrected chi connectivity index (χ3v) is 5.57. The molecule has 35 heavy (non-hydrogen) atoms. The van der Waals surface area contributed by atoms with Crippen LogP contribution in [0.15, 0.2) is 78.9 Å². The second-order valence-corrected chi connectivity index (χ2v) is 9.10. The van der Waals surface area contributed by atoms with Gasteiger partial charge in [-0.05, 0) is 48.2 Å². The monoisotopic (exact) mass is 476 g/mol. The van der Waals surface area contributed by atoms with E-state index in [2.05, 4.69) is 5.32 Å². The van der Waals surface area contributed by atoms with Crippen LogP contribution in [0.25, 0.3) is 0 Å². The lowest BCUT2D eigenvalue weighted by Gasteiger charge is -2.31. The first-order valence-corrected chi connectivity index (χ1v) is 11.9. The number of halogens is 1. The number of aryl methyl sites for hydroxylation is 1. The van der Waals surface area contributed by atoms with E-state index in [0.717, 1.165) is 16.7 Å². The molecule has 5 nitrogen and oxygen atoms in total. The number of carbonyl (C=O) groups is 2. The summed E-state index contributed by atoms with van der Waals surface area (Å²) in [6.07, 6.45) is 0.374. The third kappa shape index (κ3) is 8.25. The normalized spacial score (nSPS) is 11.7. The van der Waals surface area contributed by atoms with Gasteiger partial charge in [0.25, 0.3) is 5.91 Å². The molecule has 0 unspecified atom stereocenters. The molecule has 6 heteroatoms. The Morgan fingerprint density at radius 3 is 2.29 bits per heavy atom. The molecular weight excluding hydrogens is 443 g/mol. The Morgan fingerprint density at radius 1 is 0.943 bits per heavy atom. The lowest BCUT2D eigenvalue weighted by molar-refractivity contribution is -0.142. The minimum atomic E-state index is -0.721. The van der Waals surface area contributed by atoms with E-state index in [9.17, 15) is 14.0 Å². The molecule has 0 saturated heterocycles. The van der Waals surface area contributed by atoms with Crippen molar-refractivity contribution in [3.05, 3.63) is 101 Å². The van der Waals surface area contributed by atoms with E-state index < -0.39 is 6.04 Å². The first-order chi connectivity index (χ1) is 16.8. The maximum Gasteiger partial charge on any atom is 0.261 e. The maximum atomic E-state index is 13.5. The predicted molar refractivity (Wildman–Crippen MR) is 135 cm³/mol. The van der Waals surface area contributed by atoms with Crippen molar-refractivity contribution in [2.45, 2.75) is 39.8 Å². The molecule has 1 atom stereocenters. The lowest BCUT2D eigenvalue weighted by Crippen LogP contribution is -2.52. The summed E-state index contributed by atoms with van der Waals surface area (Å²) in [5.74, 6) is -0.241. The van der Waals surface area contributed by atoms with E-state index in [1.807, 2.05) is 75.4 Å². The summed E-state index contributed by atoms with van der Waals surface area (Å²) in [7, 11) is 0. The van der Waals surface area contributed by atoms with Crippen molar-refractivity contribution in [1.82, 2.24) is 10.2 Å². The molecule has 0 saturated carbocycles. The summed E-state index contributed by atoms with van der Waals surface area (Å²) in [4.78, 5) is 28.5. The largest absolute Gasteiger partial charge is 0.484 e. The van der Waals surface area contributed by atoms with Gasteiger partial charge in [0, 0.05) is 19.5 Å². The fourth-order valence-electron chi connectivity index (χ4n) is 3.74. The summed E-state index contributed by atoms with van der Waals surface area (Å²) in [6.45, 7) is 6.56. The van der Waals surface area contributed by atoms with Crippen molar-refractivity contribution in [3.63, 3.8) is 0 Å². The molecule has 0 bridgehead atoms. The van der Waals surface area contributed by atoms with Crippen molar-refractivity contribution >= 4 is 11.8 Å². The van der Waals surface area contributed by atoms with E-state index in [0.29, 0.717) is 18.7 Å². The molecule has 184 valence electrons. The zero-order chi connectivity index (χ0) is 25.2. The van der Waals surface area contributed by atoms with Crippen LogP contribution >= 0.6 is 0 Å². The van der Waals surface area contributed by atoms with Crippen LogP contribution in [0.4, 0.5) is 4.39 Å². The van der Waals surface area contributed by atoms with E-state index >= 15 is 0 Å². The number of hydrogen-bond donors (Lipinski definition) is 1. The Balaban J connectivity index is 1.89. The average Bonchev–Trinajstić information content (AvgIpc) is 2.85. The maximum absolute atomic E-state index is 13.5. The van der Waals surface area contributed by atoms with Crippen LogP contribution in [0.1, 0.15) is 30.5 Å².